The van der Waals surface area contributed by atoms with Gasteiger partial charge in [-0.05, 0) is 52.0 Å². The number of esters is 2. The van der Waals surface area contributed by atoms with E-state index < -0.39 is 47.9 Å². The summed E-state index contributed by atoms with van der Waals surface area (Å²) in [6.45, 7) is 7.25. The molecular formula is C26H30O8. The van der Waals surface area contributed by atoms with Gasteiger partial charge in [0.05, 0.1) is 17.7 Å². The minimum absolute atomic E-state index is 0.218. The summed E-state index contributed by atoms with van der Waals surface area (Å²) in [7, 11) is 0. The molecule has 2 aromatic carbocycles. The number of hydrogen-bond acceptors (Lipinski definition) is 8. The molecule has 0 saturated carbocycles. The fraction of sp³-hybridized carbons (Fsp3) is 0.462. The van der Waals surface area contributed by atoms with E-state index in [-0.39, 0.29) is 13.2 Å². The van der Waals surface area contributed by atoms with Crippen molar-refractivity contribution in [1.82, 2.24) is 0 Å². The summed E-state index contributed by atoms with van der Waals surface area (Å²) in [5.74, 6) is -2.83. The van der Waals surface area contributed by atoms with Gasteiger partial charge < -0.3 is 28.4 Å². The summed E-state index contributed by atoms with van der Waals surface area (Å²) in [5.41, 5.74) is 0.767. The number of carbonyl (C=O) groups is 2. The molecule has 0 bridgehead atoms. The van der Waals surface area contributed by atoms with Crippen molar-refractivity contribution in [3.63, 3.8) is 0 Å². The molecule has 0 radical (unpaired) electrons. The highest BCUT2D eigenvalue weighted by Gasteiger charge is 2.53. The lowest BCUT2D eigenvalue weighted by molar-refractivity contribution is -0.175. The third-order valence-electron chi connectivity index (χ3n) is 5.58. The third-order valence-corrected chi connectivity index (χ3v) is 5.58. The van der Waals surface area contributed by atoms with Crippen LogP contribution in [0.4, 0.5) is 0 Å². The molecule has 0 N–H and O–H groups in total. The standard InChI is InChI=1S/C26H30O8/c1-25(2)30-16-20(32-25)22-21(33-26(3,4)34-22)19(31-24(28)18-13-9-6-10-14-18)15-29-23(27)17-11-7-5-8-12-17/h5-14,19-22H,15-16H2,1-4H3/t19-,20+,21+,22+/m1/s1. The molecule has 0 aliphatic carbocycles. The van der Waals surface area contributed by atoms with Crippen LogP contribution in [0.2, 0.25) is 0 Å². The van der Waals surface area contributed by atoms with Crippen LogP contribution in [0.25, 0.3) is 0 Å². The smallest absolute Gasteiger partial charge is 0.338 e. The Kier molecular flexibility index (Phi) is 7.04. The molecule has 8 nitrogen and oxygen atoms in total. The second-order valence-corrected chi connectivity index (χ2v) is 9.21. The predicted molar refractivity (Wildman–Crippen MR) is 121 cm³/mol. The van der Waals surface area contributed by atoms with Crippen molar-refractivity contribution in [3.05, 3.63) is 71.8 Å². The Morgan fingerprint density at radius 2 is 1.44 bits per heavy atom. The van der Waals surface area contributed by atoms with E-state index in [4.69, 9.17) is 28.4 Å². The van der Waals surface area contributed by atoms with Gasteiger partial charge in [-0.15, -0.1) is 0 Å². The average molecular weight is 471 g/mol. The Labute approximate surface area is 199 Å². The van der Waals surface area contributed by atoms with Crippen LogP contribution in [0.1, 0.15) is 48.4 Å². The zero-order valence-electron chi connectivity index (χ0n) is 19.8. The molecule has 0 aromatic heterocycles. The average Bonchev–Trinajstić information content (AvgIpc) is 3.35. The van der Waals surface area contributed by atoms with Crippen molar-refractivity contribution in [3.8, 4) is 0 Å². The molecule has 8 heteroatoms. The Morgan fingerprint density at radius 1 is 0.853 bits per heavy atom. The van der Waals surface area contributed by atoms with Crippen LogP contribution in [-0.2, 0) is 28.4 Å². The molecule has 0 unspecified atom stereocenters. The van der Waals surface area contributed by atoms with E-state index in [0.29, 0.717) is 11.1 Å². The van der Waals surface area contributed by atoms with Gasteiger partial charge in [0.2, 0.25) is 0 Å². The van der Waals surface area contributed by atoms with Crippen LogP contribution in [-0.4, -0.2) is 61.1 Å². The largest absolute Gasteiger partial charge is 0.458 e. The second kappa shape index (κ2) is 9.84. The number of rotatable bonds is 7. The van der Waals surface area contributed by atoms with E-state index >= 15 is 0 Å². The van der Waals surface area contributed by atoms with Gasteiger partial charge in [0, 0.05) is 0 Å². The summed E-state index contributed by atoms with van der Waals surface area (Å²) < 4.78 is 35.4. The van der Waals surface area contributed by atoms with E-state index in [9.17, 15) is 9.59 Å². The van der Waals surface area contributed by atoms with Crippen molar-refractivity contribution in [2.45, 2.75) is 63.7 Å². The lowest BCUT2D eigenvalue weighted by atomic mass is 10.0. The maximum Gasteiger partial charge on any atom is 0.338 e. The Balaban J connectivity index is 1.56. The Morgan fingerprint density at radius 3 is 2.00 bits per heavy atom. The fourth-order valence-corrected chi connectivity index (χ4v) is 4.06. The van der Waals surface area contributed by atoms with Crippen LogP contribution in [0, 0.1) is 0 Å². The fourth-order valence-electron chi connectivity index (χ4n) is 4.06. The van der Waals surface area contributed by atoms with Crippen LogP contribution < -0.4 is 0 Å². The minimum Gasteiger partial charge on any atom is -0.458 e. The van der Waals surface area contributed by atoms with E-state index in [1.165, 1.54) is 0 Å². The topological polar surface area (TPSA) is 89.5 Å². The normalized spacial score (nSPS) is 26.1. The van der Waals surface area contributed by atoms with Gasteiger partial charge in [0.25, 0.3) is 0 Å². The molecule has 4 rings (SSSR count). The molecular weight excluding hydrogens is 440 g/mol. The van der Waals surface area contributed by atoms with Crippen molar-refractivity contribution in [2.24, 2.45) is 0 Å². The Bertz CT molecular complexity index is 988. The monoisotopic (exact) mass is 470 g/mol. The molecule has 2 heterocycles. The van der Waals surface area contributed by atoms with Crippen molar-refractivity contribution in [2.75, 3.05) is 13.2 Å². The first-order valence-corrected chi connectivity index (χ1v) is 11.3. The number of carbonyl (C=O) groups excluding carboxylic acids is 2. The van der Waals surface area contributed by atoms with E-state index in [0.717, 1.165) is 0 Å². The van der Waals surface area contributed by atoms with Gasteiger partial charge in [0.1, 0.15) is 24.9 Å². The van der Waals surface area contributed by atoms with Crippen molar-refractivity contribution >= 4 is 11.9 Å². The predicted octanol–water partition coefficient (Wildman–Crippen LogP) is 3.74. The molecule has 2 aliphatic rings. The first kappa shape index (κ1) is 24.3. The molecule has 2 saturated heterocycles. The molecule has 2 aromatic rings. The molecule has 0 amide bonds. The third kappa shape index (κ3) is 5.82. The van der Waals surface area contributed by atoms with Gasteiger partial charge in [-0.25, -0.2) is 9.59 Å². The van der Waals surface area contributed by atoms with Gasteiger partial charge >= 0.3 is 11.9 Å². The van der Waals surface area contributed by atoms with E-state index in [1.807, 2.05) is 26.0 Å². The summed E-state index contributed by atoms with van der Waals surface area (Å²) >= 11 is 0. The van der Waals surface area contributed by atoms with Gasteiger partial charge in [-0.2, -0.15) is 0 Å². The highest BCUT2D eigenvalue weighted by Crippen LogP contribution is 2.37. The molecule has 34 heavy (non-hydrogen) atoms. The molecule has 2 fully saturated rings. The number of ether oxygens (including phenoxy) is 6. The molecule has 0 spiro atoms. The van der Waals surface area contributed by atoms with Crippen molar-refractivity contribution < 1.29 is 38.0 Å². The second-order valence-electron chi connectivity index (χ2n) is 9.21. The number of hydrogen-bond donors (Lipinski definition) is 0. The lowest BCUT2D eigenvalue weighted by Crippen LogP contribution is -2.47. The van der Waals surface area contributed by atoms with Crippen LogP contribution in [0.5, 0.6) is 0 Å². The maximum atomic E-state index is 12.9. The zero-order chi connectivity index (χ0) is 24.3. The summed E-state index contributed by atoms with van der Waals surface area (Å²) in [5, 5.41) is 0. The van der Waals surface area contributed by atoms with E-state index in [1.54, 1.807) is 62.4 Å². The highest BCUT2D eigenvalue weighted by atomic mass is 16.8. The van der Waals surface area contributed by atoms with Crippen LogP contribution in [0.3, 0.4) is 0 Å². The quantitative estimate of drug-likeness (QED) is 0.566. The zero-order valence-corrected chi connectivity index (χ0v) is 19.8. The minimum atomic E-state index is -0.966. The first-order chi connectivity index (χ1) is 16.1. The molecule has 4 atom stereocenters. The first-order valence-electron chi connectivity index (χ1n) is 11.3. The van der Waals surface area contributed by atoms with Crippen LogP contribution >= 0.6 is 0 Å². The Hall–Kier alpha value is -2.78. The summed E-state index contributed by atoms with van der Waals surface area (Å²) in [6, 6.07) is 17.2. The van der Waals surface area contributed by atoms with Gasteiger partial charge in [0.15, 0.2) is 17.7 Å². The SMILES string of the molecule is CC1(C)O[C@@H]([C@@H]2COC(C)(C)O2)[C@H]([C@@H](COC(=O)c2ccccc2)OC(=O)c2ccccc2)O1. The van der Waals surface area contributed by atoms with Crippen molar-refractivity contribution in [1.29, 1.82) is 0 Å². The lowest BCUT2D eigenvalue weighted by Gasteiger charge is -2.28. The van der Waals surface area contributed by atoms with E-state index in [2.05, 4.69) is 0 Å². The van der Waals surface area contributed by atoms with Gasteiger partial charge in [-0.1, -0.05) is 36.4 Å². The maximum absolute atomic E-state index is 12.9. The number of benzene rings is 2. The summed E-state index contributed by atoms with van der Waals surface area (Å²) in [4.78, 5) is 25.5. The van der Waals surface area contributed by atoms with Gasteiger partial charge in [-0.3, -0.25) is 0 Å². The molecule has 182 valence electrons. The summed E-state index contributed by atoms with van der Waals surface area (Å²) in [6.07, 6.45) is -2.77. The highest BCUT2D eigenvalue weighted by molar-refractivity contribution is 5.90. The van der Waals surface area contributed by atoms with Crippen LogP contribution in [0.15, 0.2) is 60.7 Å². The molecule has 2 aliphatic heterocycles.